The van der Waals surface area contributed by atoms with Crippen molar-refractivity contribution in [3.05, 3.63) is 0 Å². The predicted molar refractivity (Wildman–Crippen MR) is 73.6 cm³/mol. The van der Waals surface area contributed by atoms with E-state index in [1.807, 2.05) is 0 Å². The standard InChI is InChI=1S/C14H25N3O2/c1-16(2)14(19)11-7-8-17(9-11)10-13(18)15-12-5-3-4-6-12/h11-12H,3-10H2,1-2H3,(H,15,18). The van der Waals surface area contributed by atoms with Crippen LogP contribution in [-0.2, 0) is 9.59 Å². The topological polar surface area (TPSA) is 52.7 Å². The van der Waals surface area contributed by atoms with Crippen molar-refractivity contribution in [3.63, 3.8) is 0 Å². The number of carbonyl (C=O) groups is 2. The second kappa shape index (κ2) is 6.37. The Morgan fingerprint density at radius 2 is 1.89 bits per heavy atom. The Hall–Kier alpha value is -1.10. The molecule has 19 heavy (non-hydrogen) atoms. The molecule has 2 amide bonds. The zero-order chi connectivity index (χ0) is 13.8. The lowest BCUT2D eigenvalue weighted by atomic mass is 10.1. The van der Waals surface area contributed by atoms with Gasteiger partial charge < -0.3 is 10.2 Å². The van der Waals surface area contributed by atoms with Gasteiger partial charge in [0.2, 0.25) is 11.8 Å². The van der Waals surface area contributed by atoms with Crippen molar-refractivity contribution in [1.82, 2.24) is 15.1 Å². The van der Waals surface area contributed by atoms with Crippen LogP contribution in [0.25, 0.3) is 0 Å². The Balaban J connectivity index is 1.72. The Labute approximate surface area is 115 Å². The van der Waals surface area contributed by atoms with Gasteiger partial charge in [-0.2, -0.15) is 0 Å². The largest absolute Gasteiger partial charge is 0.352 e. The lowest BCUT2D eigenvalue weighted by Gasteiger charge is -2.19. The van der Waals surface area contributed by atoms with Crippen LogP contribution in [0.1, 0.15) is 32.1 Å². The van der Waals surface area contributed by atoms with Crippen molar-refractivity contribution >= 4 is 11.8 Å². The minimum atomic E-state index is 0.0641. The maximum atomic E-state index is 11.9. The number of rotatable bonds is 4. The SMILES string of the molecule is CN(C)C(=O)C1CCN(CC(=O)NC2CCCC2)C1. The first-order valence-corrected chi connectivity index (χ1v) is 7.29. The van der Waals surface area contributed by atoms with Gasteiger partial charge in [-0.3, -0.25) is 14.5 Å². The van der Waals surface area contributed by atoms with E-state index >= 15 is 0 Å². The fourth-order valence-corrected chi connectivity index (χ4v) is 3.09. The molecule has 0 aromatic carbocycles. The lowest BCUT2D eigenvalue weighted by Crippen LogP contribution is -2.41. The molecule has 1 N–H and O–H groups in total. The summed E-state index contributed by atoms with van der Waals surface area (Å²) in [6, 6.07) is 0.384. The quantitative estimate of drug-likeness (QED) is 0.805. The summed E-state index contributed by atoms with van der Waals surface area (Å²) >= 11 is 0. The molecule has 1 saturated carbocycles. The van der Waals surface area contributed by atoms with E-state index in [-0.39, 0.29) is 17.7 Å². The molecule has 0 aromatic heterocycles. The molecular formula is C14H25N3O2. The van der Waals surface area contributed by atoms with Gasteiger partial charge in [0.25, 0.3) is 0 Å². The van der Waals surface area contributed by atoms with Crippen LogP contribution in [0.4, 0.5) is 0 Å². The molecular weight excluding hydrogens is 242 g/mol. The summed E-state index contributed by atoms with van der Waals surface area (Å²) in [4.78, 5) is 27.5. The van der Waals surface area contributed by atoms with Crippen LogP contribution >= 0.6 is 0 Å². The molecule has 0 spiro atoms. The molecule has 2 rings (SSSR count). The molecule has 2 aliphatic rings. The van der Waals surface area contributed by atoms with Gasteiger partial charge in [-0.15, -0.1) is 0 Å². The summed E-state index contributed by atoms with van der Waals surface area (Å²) in [5.74, 6) is 0.359. The van der Waals surface area contributed by atoms with Crippen LogP contribution in [-0.4, -0.2) is 61.4 Å². The molecule has 1 aliphatic carbocycles. The maximum absolute atomic E-state index is 11.9. The summed E-state index contributed by atoms with van der Waals surface area (Å²) < 4.78 is 0. The second-order valence-electron chi connectivity index (χ2n) is 6.00. The average molecular weight is 267 g/mol. The number of likely N-dealkylation sites (tertiary alicyclic amines) is 1. The third-order valence-corrected chi connectivity index (χ3v) is 4.15. The van der Waals surface area contributed by atoms with Crippen molar-refractivity contribution in [2.75, 3.05) is 33.7 Å². The molecule has 1 aliphatic heterocycles. The molecule has 1 atom stereocenters. The number of hydrogen-bond donors (Lipinski definition) is 1. The monoisotopic (exact) mass is 267 g/mol. The van der Waals surface area contributed by atoms with Gasteiger partial charge in [0.15, 0.2) is 0 Å². The van der Waals surface area contributed by atoms with E-state index in [4.69, 9.17) is 0 Å². The molecule has 1 saturated heterocycles. The van der Waals surface area contributed by atoms with Crippen molar-refractivity contribution in [2.45, 2.75) is 38.1 Å². The van der Waals surface area contributed by atoms with E-state index < -0.39 is 0 Å². The van der Waals surface area contributed by atoms with Crippen LogP contribution in [0, 0.1) is 5.92 Å². The summed E-state index contributed by atoms with van der Waals surface area (Å²) in [7, 11) is 3.58. The molecule has 1 unspecified atom stereocenters. The van der Waals surface area contributed by atoms with Crippen LogP contribution in [0.5, 0.6) is 0 Å². The minimum Gasteiger partial charge on any atom is -0.352 e. The van der Waals surface area contributed by atoms with Crippen LogP contribution in [0.2, 0.25) is 0 Å². The second-order valence-corrected chi connectivity index (χ2v) is 6.00. The number of carbonyl (C=O) groups excluding carboxylic acids is 2. The molecule has 5 heteroatoms. The first kappa shape index (κ1) is 14.3. The first-order valence-electron chi connectivity index (χ1n) is 7.29. The molecule has 5 nitrogen and oxygen atoms in total. The fourth-order valence-electron chi connectivity index (χ4n) is 3.09. The van der Waals surface area contributed by atoms with Crippen molar-refractivity contribution < 1.29 is 9.59 Å². The Bertz CT molecular complexity index is 338. The highest BCUT2D eigenvalue weighted by Crippen LogP contribution is 2.19. The van der Waals surface area contributed by atoms with Gasteiger partial charge in [-0.25, -0.2) is 0 Å². The Kier molecular flexibility index (Phi) is 4.80. The fraction of sp³-hybridized carbons (Fsp3) is 0.857. The smallest absolute Gasteiger partial charge is 0.234 e. The van der Waals surface area contributed by atoms with Crippen LogP contribution in [0.3, 0.4) is 0 Å². The predicted octanol–water partition coefficient (Wildman–Crippen LogP) is 0.455. The Morgan fingerprint density at radius 1 is 1.21 bits per heavy atom. The highest BCUT2D eigenvalue weighted by atomic mass is 16.2. The van der Waals surface area contributed by atoms with E-state index in [0.717, 1.165) is 32.4 Å². The first-order chi connectivity index (χ1) is 9.06. The van der Waals surface area contributed by atoms with Crippen molar-refractivity contribution in [2.24, 2.45) is 5.92 Å². The van der Waals surface area contributed by atoms with Gasteiger partial charge in [0.1, 0.15) is 0 Å². The molecule has 2 fully saturated rings. The van der Waals surface area contributed by atoms with Gasteiger partial charge in [0, 0.05) is 26.7 Å². The van der Waals surface area contributed by atoms with Gasteiger partial charge >= 0.3 is 0 Å². The van der Waals surface area contributed by atoms with Gasteiger partial charge in [-0.1, -0.05) is 12.8 Å². The van der Waals surface area contributed by atoms with E-state index in [1.165, 1.54) is 12.8 Å². The molecule has 0 radical (unpaired) electrons. The number of hydrogen-bond acceptors (Lipinski definition) is 3. The summed E-state index contributed by atoms with van der Waals surface area (Å²) in [5.41, 5.74) is 0. The molecule has 0 bridgehead atoms. The van der Waals surface area contributed by atoms with E-state index in [2.05, 4.69) is 10.2 Å². The average Bonchev–Trinajstić information content (AvgIpc) is 2.99. The highest BCUT2D eigenvalue weighted by Gasteiger charge is 2.30. The number of amides is 2. The zero-order valence-corrected chi connectivity index (χ0v) is 12.0. The molecule has 108 valence electrons. The Morgan fingerprint density at radius 3 is 2.53 bits per heavy atom. The maximum Gasteiger partial charge on any atom is 0.234 e. The third-order valence-electron chi connectivity index (χ3n) is 4.15. The summed E-state index contributed by atoms with van der Waals surface area (Å²) in [6.45, 7) is 2.01. The van der Waals surface area contributed by atoms with E-state index in [9.17, 15) is 9.59 Å². The van der Waals surface area contributed by atoms with Crippen molar-refractivity contribution in [3.8, 4) is 0 Å². The zero-order valence-electron chi connectivity index (χ0n) is 12.0. The third kappa shape index (κ3) is 3.93. The number of nitrogens with one attached hydrogen (secondary N) is 1. The van der Waals surface area contributed by atoms with E-state index in [1.54, 1.807) is 19.0 Å². The number of nitrogens with zero attached hydrogens (tertiary/aromatic N) is 2. The highest BCUT2D eigenvalue weighted by molar-refractivity contribution is 5.80. The van der Waals surface area contributed by atoms with Crippen LogP contribution in [0.15, 0.2) is 0 Å². The summed E-state index contributed by atoms with van der Waals surface area (Å²) in [6.07, 6.45) is 5.57. The van der Waals surface area contributed by atoms with Gasteiger partial charge in [-0.05, 0) is 25.8 Å². The van der Waals surface area contributed by atoms with E-state index in [0.29, 0.717) is 12.6 Å². The minimum absolute atomic E-state index is 0.0641. The van der Waals surface area contributed by atoms with Crippen molar-refractivity contribution in [1.29, 1.82) is 0 Å². The molecule has 0 aromatic rings. The lowest BCUT2D eigenvalue weighted by molar-refractivity contribution is -0.132. The normalized spacial score (nSPS) is 24.6. The van der Waals surface area contributed by atoms with Crippen LogP contribution < -0.4 is 5.32 Å². The van der Waals surface area contributed by atoms with Gasteiger partial charge in [0.05, 0.1) is 12.5 Å². The summed E-state index contributed by atoms with van der Waals surface area (Å²) in [5, 5.41) is 3.10. The molecule has 1 heterocycles.